The van der Waals surface area contributed by atoms with Gasteiger partial charge in [-0.1, -0.05) is 12.8 Å². The Morgan fingerprint density at radius 1 is 1.32 bits per heavy atom. The van der Waals surface area contributed by atoms with Crippen LogP contribution < -0.4 is 5.32 Å². The molecule has 1 aliphatic carbocycles. The molecule has 6 heteroatoms. The van der Waals surface area contributed by atoms with Crippen molar-refractivity contribution in [2.75, 3.05) is 12.4 Å². The van der Waals surface area contributed by atoms with E-state index in [0.29, 0.717) is 0 Å². The summed E-state index contributed by atoms with van der Waals surface area (Å²) in [7, 11) is 1.30. The van der Waals surface area contributed by atoms with Crippen molar-refractivity contribution in [2.45, 2.75) is 25.7 Å². The van der Waals surface area contributed by atoms with Gasteiger partial charge in [0.1, 0.15) is 5.92 Å². The molecule has 0 bridgehead atoms. The maximum Gasteiger partial charge on any atom is 0.318 e. The van der Waals surface area contributed by atoms with E-state index in [1.165, 1.54) is 19.5 Å². The molecule has 1 heterocycles. The Bertz CT molecular complexity index is 444. The molecule has 1 aromatic heterocycles. The van der Waals surface area contributed by atoms with Gasteiger partial charge < -0.3 is 4.74 Å². The molecule has 1 fully saturated rings. The number of hydrogen-bond acceptors (Lipinski definition) is 5. The molecular weight excluding hydrogens is 246 g/mol. The van der Waals surface area contributed by atoms with Crippen LogP contribution in [0, 0.1) is 11.8 Å². The molecule has 0 saturated heterocycles. The topological polar surface area (TPSA) is 81.2 Å². The molecule has 6 nitrogen and oxygen atoms in total. The molecule has 0 aromatic carbocycles. The van der Waals surface area contributed by atoms with Gasteiger partial charge in [0.05, 0.1) is 7.11 Å². The Labute approximate surface area is 111 Å². The van der Waals surface area contributed by atoms with Crippen LogP contribution in [-0.2, 0) is 14.3 Å². The van der Waals surface area contributed by atoms with Crippen LogP contribution in [0.2, 0.25) is 0 Å². The summed E-state index contributed by atoms with van der Waals surface area (Å²) in [4.78, 5) is 31.9. The van der Waals surface area contributed by atoms with Gasteiger partial charge in [-0.2, -0.15) is 0 Å². The zero-order valence-corrected chi connectivity index (χ0v) is 10.8. The molecule has 0 spiro atoms. The van der Waals surface area contributed by atoms with Gasteiger partial charge in [0.25, 0.3) is 0 Å². The summed E-state index contributed by atoms with van der Waals surface area (Å²) in [6.45, 7) is 0. The van der Waals surface area contributed by atoms with E-state index >= 15 is 0 Å². The second kappa shape index (κ2) is 6.26. The first-order valence-electron chi connectivity index (χ1n) is 6.38. The Hall–Kier alpha value is -1.98. The van der Waals surface area contributed by atoms with Crippen LogP contribution in [0.4, 0.5) is 5.95 Å². The first-order valence-corrected chi connectivity index (χ1v) is 6.38. The van der Waals surface area contributed by atoms with Gasteiger partial charge in [0.15, 0.2) is 0 Å². The van der Waals surface area contributed by atoms with Gasteiger partial charge in [-0.15, -0.1) is 0 Å². The lowest BCUT2D eigenvalue weighted by atomic mass is 9.90. The molecule has 2 rings (SSSR count). The van der Waals surface area contributed by atoms with Crippen LogP contribution in [0.5, 0.6) is 0 Å². The van der Waals surface area contributed by atoms with Crippen molar-refractivity contribution in [2.24, 2.45) is 11.8 Å². The van der Waals surface area contributed by atoms with Gasteiger partial charge in [0, 0.05) is 12.4 Å². The Morgan fingerprint density at radius 2 is 1.95 bits per heavy atom. The average molecular weight is 263 g/mol. The fourth-order valence-electron chi connectivity index (χ4n) is 2.48. The number of nitrogens with one attached hydrogen (secondary N) is 1. The highest BCUT2D eigenvalue weighted by molar-refractivity contribution is 6.04. The summed E-state index contributed by atoms with van der Waals surface area (Å²) in [5.74, 6) is -1.38. The smallest absolute Gasteiger partial charge is 0.318 e. The van der Waals surface area contributed by atoms with Crippen molar-refractivity contribution in [3.8, 4) is 0 Å². The summed E-state index contributed by atoms with van der Waals surface area (Å²) >= 11 is 0. The SMILES string of the molecule is COC(=O)[C@@H](C(=O)Nc1ncccn1)C1CCCC1. The van der Waals surface area contributed by atoms with Crippen LogP contribution in [0.3, 0.4) is 0 Å². The van der Waals surface area contributed by atoms with E-state index < -0.39 is 11.9 Å². The lowest BCUT2D eigenvalue weighted by Crippen LogP contribution is -2.36. The highest BCUT2D eigenvalue weighted by Crippen LogP contribution is 2.32. The number of hydrogen-bond donors (Lipinski definition) is 1. The van der Waals surface area contributed by atoms with E-state index in [9.17, 15) is 9.59 Å². The molecule has 1 N–H and O–H groups in total. The number of aromatic nitrogens is 2. The molecular formula is C13H17N3O3. The number of amides is 1. The molecule has 1 atom stereocenters. The molecule has 19 heavy (non-hydrogen) atoms. The van der Waals surface area contributed by atoms with E-state index in [2.05, 4.69) is 15.3 Å². The van der Waals surface area contributed by atoms with E-state index in [1.54, 1.807) is 6.07 Å². The monoisotopic (exact) mass is 263 g/mol. The predicted octanol–water partition coefficient (Wildman–Crippen LogP) is 1.39. The third-order valence-corrected chi connectivity index (χ3v) is 3.41. The number of nitrogens with zero attached hydrogens (tertiary/aromatic N) is 2. The van der Waals surface area contributed by atoms with Gasteiger partial charge >= 0.3 is 5.97 Å². The second-order valence-corrected chi connectivity index (χ2v) is 4.61. The highest BCUT2D eigenvalue weighted by atomic mass is 16.5. The summed E-state index contributed by atoms with van der Waals surface area (Å²) in [6.07, 6.45) is 6.92. The third-order valence-electron chi connectivity index (χ3n) is 3.41. The van der Waals surface area contributed by atoms with Crippen molar-refractivity contribution >= 4 is 17.8 Å². The minimum Gasteiger partial charge on any atom is -0.468 e. The quantitative estimate of drug-likeness (QED) is 0.656. The minimum absolute atomic E-state index is 0.0520. The summed E-state index contributed by atoms with van der Waals surface area (Å²) in [6, 6.07) is 1.66. The summed E-state index contributed by atoms with van der Waals surface area (Å²) < 4.78 is 4.74. The Balaban J connectivity index is 2.09. The molecule has 1 saturated carbocycles. The molecule has 1 amide bonds. The molecule has 1 aliphatic rings. The van der Waals surface area contributed by atoms with Crippen LogP contribution in [0.25, 0.3) is 0 Å². The van der Waals surface area contributed by atoms with Crippen molar-refractivity contribution < 1.29 is 14.3 Å². The number of esters is 1. The summed E-state index contributed by atoms with van der Waals surface area (Å²) in [5.41, 5.74) is 0. The number of rotatable bonds is 4. The fourth-order valence-corrected chi connectivity index (χ4v) is 2.48. The van der Waals surface area contributed by atoms with Crippen molar-refractivity contribution in [3.63, 3.8) is 0 Å². The maximum absolute atomic E-state index is 12.2. The average Bonchev–Trinajstić information content (AvgIpc) is 2.93. The molecule has 0 aliphatic heterocycles. The van der Waals surface area contributed by atoms with E-state index in [1.807, 2.05) is 0 Å². The maximum atomic E-state index is 12.2. The lowest BCUT2D eigenvalue weighted by molar-refractivity contribution is -0.150. The number of carbonyl (C=O) groups is 2. The van der Waals surface area contributed by atoms with Crippen molar-refractivity contribution in [1.29, 1.82) is 0 Å². The second-order valence-electron chi connectivity index (χ2n) is 4.61. The minimum atomic E-state index is -0.767. The predicted molar refractivity (Wildman–Crippen MR) is 68.1 cm³/mol. The van der Waals surface area contributed by atoms with Crippen LogP contribution in [-0.4, -0.2) is 29.0 Å². The number of carbonyl (C=O) groups excluding carboxylic acids is 2. The van der Waals surface area contributed by atoms with Gasteiger partial charge in [-0.05, 0) is 24.8 Å². The largest absolute Gasteiger partial charge is 0.468 e. The van der Waals surface area contributed by atoms with E-state index in [4.69, 9.17) is 4.74 Å². The zero-order chi connectivity index (χ0) is 13.7. The molecule has 0 unspecified atom stereocenters. The third kappa shape index (κ3) is 3.27. The lowest BCUT2D eigenvalue weighted by Gasteiger charge is -2.19. The molecule has 0 radical (unpaired) electrons. The van der Waals surface area contributed by atoms with Crippen molar-refractivity contribution in [3.05, 3.63) is 18.5 Å². The van der Waals surface area contributed by atoms with Crippen LogP contribution in [0.15, 0.2) is 18.5 Å². The normalized spacial score (nSPS) is 16.9. The van der Waals surface area contributed by atoms with E-state index in [0.717, 1.165) is 25.7 Å². The van der Waals surface area contributed by atoms with Crippen LogP contribution in [0.1, 0.15) is 25.7 Å². The summed E-state index contributed by atoms with van der Waals surface area (Å²) in [5, 5.41) is 2.57. The zero-order valence-electron chi connectivity index (χ0n) is 10.8. The van der Waals surface area contributed by atoms with Gasteiger partial charge in [-0.3, -0.25) is 14.9 Å². The highest BCUT2D eigenvalue weighted by Gasteiger charge is 2.37. The Morgan fingerprint density at radius 3 is 2.53 bits per heavy atom. The fraction of sp³-hybridized carbons (Fsp3) is 0.538. The van der Waals surface area contributed by atoms with Crippen LogP contribution >= 0.6 is 0 Å². The first-order chi connectivity index (χ1) is 9.22. The molecule has 1 aromatic rings. The Kier molecular flexibility index (Phi) is 4.43. The van der Waals surface area contributed by atoms with E-state index in [-0.39, 0.29) is 17.8 Å². The standard InChI is InChI=1S/C13H17N3O3/c1-19-12(18)10(9-5-2-3-6-9)11(17)16-13-14-7-4-8-15-13/h4,7-10H,2-3,5-6H2,1H3,(H,14,15,16,17)/t10-/m1/s1. The van der Waals surface area contributed by atoms with Gasteiger partial charge in [0.2, 0.25) is 11.9 Å². The number of anilines is 1. The van der Waals surface area contributed by atoms with Crippen molar-refractivity contribution in [1.82, 2.24) is 9.97 Å². The first kappa shape index (κ1) is 13.5. The number of methoxy groups -OCH3 is 1. The number of ether oxygens (including phenoxy) is 1. The molecule has 102 valence electrons. The van der Waals surface area contributed by atoms with Gasteiger partial charge in [-0.25, -0.2) is 9.97 Å².